The topological polar surface area (TPSA) is 78.8 Å². The summed E-state index contributed by atoms with van der Waals surface area (Å²) in [6.07, 6.45) is 0.0280. The Hall–Kier alpha value is -3.02. The summed E-state index contributed by atoms with van der Waals surface area (Å²) in [6.45, 7) is 0. The van der Waals surface area contributed by atoms with E-state index in [-0.39, 0.29) is 18.4 Å². The van der Waals surface area contributed by atoms with Gasteiger partial charge >= 0.3 is 5.97 Å². The molecule has 1 amide bonds. The fraction of sp³-hybridized carbons (Fsp3) is 0.118. The lowest BCUT2D eigenvalue weighted by atomic mass is 10.1. The SMILES string of the molecule is O=C(O)CCC(=NNC(=O)c1ccccc1F)c1ccccc1. The van der Waals surface area contributed by atoms with E-state index in [1.165, 1.54) is 18.2 Å². The van der Waals surface area contributed by atoms with Crippen LogP contribution in [-0.4, -0.2) is 22.7 Å². The highest BCUT2D eigenvalue weighted by Gasteiger charge is 2.11. The Balaban J connectivity index is 2.18. The molecule has 0 unspecified atom stereocenters. The van der Waals surface area contributed by atoms with Crippen LogP contribution in [0.1, 0.15) is 28.8 Å². The second-order valence-corrected chi connectivity index (χ2v) is 4.74. The van der Waals surface area contributed by atoms with Gasteiger partial charge in [-0.2, -0.15) is 5.10 Å². The van der Waals surface area contributed by atoms with Crippen LogP contribution in [0.15, 0.2) is 59.7 Å². The number of aliphatic carboxylic acids is 1. The summed E-state index contributed by atoms with van der Waals surface area (Å²) in [5.74, 6) is -2.30. The molecule has 0 fully saturated rings. The first-order valence-corrected chi connectivity index (χ1v) is 6.96. The van der Waals surface area contributed by atoms with Crippen LogP contribution in [0.3, 0.4) is 0 Å². The molecule has 0 aliphatic rings. The van der Waals surface area contributed by atoms with Gasteiger partial charge in [-0.05, 0) is 17.7 Å². The Labute approximate surface area is 132 Å². The predicted molar refractivity (Wildman–Crippen MR) is 83.7 cm³/mol. The maximum Gasteiger partial charge on any atom is 0.303 e. The summed E-state index contributed by atoms with van der Waals surface area (Å²) in [5.41, 5.74) is 3.27. The number of amides is 1. The van der Waals surface area contributed by atoms with Crippen molar-refractivity contribution in [3.8, 4) is 0 Å². The third-order valence-electron chi connectivity index (χ3n) is 3.09. The summed E-state index contributed by atoms with van der Waals surface area (Å²) in [4.78, 5) is 22.7. The van der Waals surface area contributed by atoms with Gasteiger partial charge in [0.05, 0.1) is 17.7 Å². The number of hydrogen-bond donors (Lipinski definition) is 2. The standard InChI is InChI=1S/C17H15FN2O3/c18-14-9-5-4-8-13(14)17(23)20-19-15(10-11-16(21)22)12-6-2-1-3-7-12/h1-9H,10-11H2,(H,20,23)(H,21,22). The molecule has 2 aromatic carbocycles. The van der Waals surface area contributed by atoms with Crippen LogP contribution < -0.4 is 5.43 Å². The molecule has 0 atom stereocenters. The molecular weight excluding hydrogens is 299 g/mol. The van der Waals surface area contributed by atoms with Crippen molar-refractivity contribution in [2.75, 3.05) is 0 Å². The number of carboxylic acids is 1. The van der Waals surface area contributed by atoms with E-state index < -0.39 is 17.7 Å². The molecule has 0 heterocycles. The zero-order chi connectivity index (χ0) is 16.7. The average Bonchev–Trinajstić information content (AvgIpc) is 2.55. The summed E-state index contributed by atoms with van der Waals surface area (Å²) in [5, 5.41) is 12.8. The van der Waals surface area contributed by atoms with Gasteiger partial charge in [-0.1, -0.05) is 42.5 Å². The summed E-state index contributed by atoms with van der Waals surface area (Å²) < 4.78 is 13.6. The minimum Gasteiger partial charge on any atom is -0.481 e. The van der Waals surface area contributed by atoms with E-state index >= 15 is 0 Å². The van der Waals surface area contributed by atoms with Gasteiger partial charge < -0.3 is 5.11 Å². The maximum absolute atomic E-state index is 13.6. The highest BCUT2D eigenvalue weighted by atomic mass is 19.1. The Morgan fingerprint density at radius 2 is 1.65 bits per heavy atom. The lowest BCUT2D eigenvalue weighted by Gasteiger charge is -2.07. The second-order valence-electron chi connectivity index (χ2n) is 4.74. The first-order valence-electron chi connectivity index (χ1n) is 6.96. The molecule has 5 nitrogen and oxygen atoms in total. The normalized spacial score (nSPS) is 11.1. The van der Waals surface area contributed by atoms with Crippen LogP contribution >= 0.6 is 0 Å². The number of carboxylic acid groups (broad SMARTS) is 1. The second kappa shape index (κ2) is 7.84. The number of carbonyl (C=O) groups is 2. The van der Waals surface area contributed by atoms with E-state index in [1.54, 1.807) is 30.3 Å². The lowest BCUT2D eigenvalue weighted by molar-refractivity contribution is -0.136. The summed E-state index contributed by atoms with van der Waals surface area (Å²) >= 11 is 0. The number of halogens is 1. The highest BCUT2D eigenvalue weighted by Crippen LogP contribution is 2.08. The summed E-state index contributed by atoms with van der Waals surface area (Å²) in [6, 6.07) is 14.5. The molecule has 2 aromatic rings. The molecule has 0 radical (unpaired) electrons. The largest absolute Gasteiger partial charge is 0.481 e. The van der Waals surface area contributed by atoms with E-state index in [9.17, 15) is 14.0 Å². The molecule has 0 saturated carbocycles. The molecule has 0 bridgehead atoms. The molecule has 0 aliphatic carbocycles. The number of carbonyl (C=O) groups excluding carboxylic acids is 1. The molecule has 0 saturated heterocycles. The van der Waals surface area contributed by atoms with E-state index in [2.05, 4.69) is 10.5 Å². The van der Waals surface area contributed by atoms with E-state index in [4.69, 9.17) is 5.11 Å². The molecular formula is C17H15FN2O3. The fourth-order valence-electron chi connectivity index (χ4n) is 1.94. The molecule has 6 heteroatoms. The Kier molecular flexibility index (Phi) is 5.57. The first kappa shape index (κ1) is 16.4. The van der Waals surface area contributed by atoms with Gasteiger partial charge in [-0.3, -0.25) is 9.59 Å². The maximum atomic E-state index is 13.6. The summed E-state index contributed by atoms with van der Waals surface area (Å²) in [7, 11) is 0. The number of benzene rings is 2. The zero-order valence-corrected chi connectivity index (χ0v) is 12.2. The van der Waals surface area contributed by atoms with Crippen LogP contribution in [0, 0.1) is 5.82 Å². The van der Waals surface area contributed by atoms with Gasteiger partial charge in [-0.25, -0.2) is 9.82 Å². The number of nitrogens with one attached hydrogen (secondary N) is 1. The molecule has 118 valence electrons. The van der Waals surface area contributed by atoms with E-state index in [0.717, 1.165) is 0 Å². The van der Waals surface area contributed by atoms with Gasteiger partial charge in [0, 0.05) is 6.42 Å². The lowest BCUT2D eigenvalue weighted by Crippen LogP contribution is -2.21. The molecule has 23 heavy (non-hydrogen) atoms. The molecule has 2 rings (SSSR count). The number of rotatable bonds is 6. The predicted octanol–water partition coefficient (Wildman–Crippen LogP) is 2.82. The fourth-order valence-corrected chi connectivity index (χ4v) is 1.94. The van der Waals surface area contributed by atoms with Crippen molar-refractivity contribution in [2.24, 2.45) is 5.10 Å². The van der Waals surface area contributed by atoms with Crippen LogP contribution in [0.2, 0.25) is 0 Å². The minimum absolute atomic E-state index is 0.122. The smallest absolute Gasteiger partial charge is 0.303 e. The molecule has 2 N–H and O–H groups in total. The molecule has 0 aliphatic heterocycles. The van der Waals surface area contributed by atoms with Crippen LogP contribution in [0.4, 0.5) is 4.39 Å². The van der Waals surface area contributed by atoms with Crippen LogP contribution in [0.5, 0.6) is 0 Å². The van der Waals surface area contributed by atoms with Crippen molar-refractivity contribution in [1.29, 1.82) is 0 Å². The van der Waals surface area contributed by atoms with Gasteiger partial charge in [-0.15, -0.1) is 0 Å². The van der Waals surface area contributed by atoms with Crippen molar-refractivity contribution in [1.82, 2.24) is 5.43 Å². The van der Waals surface area contributed by atoms with Crippen LogP contribution in [0.25, 0.3) is 0 Å². The first-order chi connectivity index (χ1) is 11.1. The molecule has 0 spiro atoms. The third-order valence-corrected chi connectivity index (χ3v) is 3.09. The van der Waals surface area contributed by atoms with Gasteiger partial charge in [0.25, 0.3) is 5.91 Å². The van der Waals surface area contributed by atoms with Crippen molar-refractivity contribution in [3.05, 3.63) is 71.5 Å². The van der Waals surface area contributed by atoms with Gasteiger partial charge in [0.1, 0.15) is 5.82 Å². The number of hydrogen-bond acceptors (Lipinski definition) is 3. The Bertz CT molecular complexity index is 730. The number of hydrazone groups is 1. The highest BCUT2D eigenvalue weighted by molar-refractivity contribution is 6.03. The average molecular weight is 314 g/mol. The van der Waals surface area contributed by atoms with Gasteiger partial charge in [0.2, 0.25) is 0 Å². The van der Waals surface area contributed by atoms with E-state index in [0.29, 0.717) is 11.3 Å². The molecule has 0 aromatic heterocycles. The minimum atomic E-state index is -0.964. The number of nitrogens with zero attached hydrogens (tertiary/aromatic N) is 1. The third kappa shape index (κ3) is 4.74. The van der Waals surface area contributed by atoms with Gasteiger partial charge in [0.15, 0.2) is 0 Å². The Morgan fingerprint density at radius 1 is 1.00 bits per heavy atom. The van der Waals surface area contributed by atoms with Crippen LogP contribution in [-0.2, 0) is 4.79 Å². The van der Waals surface area contributed by atoms with Crippen molar-refractivity contribution >= 4 is 17.6 Å². The van der Waals surface area contributed by atoms with Crippen molar-refractivity contribution in [2.45, 2.75) is 12.8 Å². The quantitative estimate of drug-likeness (QED) is 0.635. The van der Waals surface area contributed by atoms with Crippen molar-refractivity contribution < 1.29 is 19.1 Å². The van der Waals surface area contributed by atoms with Crippen molar-refractivity contribution in [3.63, 3.8) is 0 Å². The monoisotopic (exact) mass is 314 g/mol. The Morgan fingerprint density at radius 3 is 2.30 bits per heavy atom. The zero-order valence-electron chi connectivity index (χ0n) is 12.2. The van der Waals surface area contributed by atoms with E-state index in [1.807, 2.05) is 6.07 Å².